The molecular weight excluding hydrogens is 258 g/mol. The van der Waals surface area contributed by atoms with Crippen molar-refractivity contribution in [2.24, 2.45) is 5.73 Å². The van der Waals surface area contributed by atoms with E-state index < -0.39 is 5.91 Å². The van der Waals surface area contributed by atoms with Gasteiger partial charge in [0.15, 0.2) is 0 Å². The quantitative estimate of drug-likeness (QED) is 0.677. The molecule has 4 N–H and O–H groups in total. The second kappa shape index (κ2) is 6.67. The Labute approximate surface area is 116 Å². The molecule has 0 bridgehead atoms. The molecule has 0 saturated carbocycles. The molecule has 0 radical (unpaired) electrons. The van der Waals surface area contributed by atoms with E-state index in [-0.39, 0.29) is 6.61 Å². The van der Waals surface area contributed by atoms with Crippen LogP contribution in [0.1, 0.15) is 22.5 Å². The van der Waals surface area contributed by atoms with Crippen molar-refractivity contribution in [3.05, 3.63) is 41.7 Å². The number of primary amides is 1. The third-order valence-corrected chi connectivity index (χ3v) is 2.77. The van der Waals surface area contributed by atoms with Crippen molar-refractivity contribution in [1.29, 1.82) is 0 Å². The number of nitrogens with zero attached hydrogens (tertiary/aromatic N) is 3. The molecule has 0 spiro atoms. The Morgan fingerprint density at radius 2 is 2.10 bits per heavy atom. The maximum Gasteiger partial charge on any atom is 0.248 e. The first-order valence-electron chi connectivity index (χ1n) is 6.32. The number of aliphatic hydroxyl groups excluding tert-OH is 1. The lowest BCUT2D eigenvalue weighted by atomic mass is 10.2. The summed E-state index contributed by atoms with van der Waals surface area (Å²) in [6, 6.07) is 6.91. The number of nitrogens with two attached hydrogens (primary N) is 1. The summed E-state index contributed by atoms with van der Waals surface area (Å²) in [6.07, 6.45) is 2.49. The van der Waals surface area contributed by atoms with Crippen LogP contribution in [0.2, 0.25) is 0 Å². The lowest BCUT2D eigenvalue weighted by molar-refractivity contribution is 0.100. The van der Waals surface area contributed by atoms with E-state index in [0.717, 1.165) is 11.4 Å². The van der Waals surface area contributed by atoms with Crippen LogP contribution in [-0.4, -0.2) is 32.6 Å². The van der Waals surface area contributed by atoms with Crippen LogP contribution in [0.5, 0.6) is 0 Å². The van der Waals surface area contributed by atoms with Crippen molar-refractivity contribution in [3.8, 4) is 0 Å². The molecule has 0 fully saturated rings. The van der Waals surface area contributed by atoms with Gasteiger partial charge < -0.3 is 16.2 Å². The second-order valence-corrected chi connectivity index (χ2v) is 4.35. The van der Waals surface area contributed by atoms with Crippen LogP contribution in [0.15, 0.2) is 30.5 Å². The van der Waals surface area contributed by atoms with Crippen molar-refractivity contribution in [1.82, 2.24) is 15.0 Å². The Morgan fingerprint density at radius 3 is 2.75 bits per heavy atom. The fourth-order valence-corrected chi connectivity index (χ4v) is 1.71. The first kappa shape index (κ1) is 14.0. The van der Waals surface area contributed by atoms with Crippen molar-refractivity contribution in [2.45, 2.75) is 19.5 Å². The number of hydrogen-bond acceptors (Lipinski definition) is 5. The summed E-state index contributed by atoms with van der Waals surface area (Å²) in [5.41, 5.74) is 7.33. The number of hydrogen-bond donors (Lipinski definition) is 3. The summed E-state index contributed by atoms with van der Waals surface area (Å²) in [7, 11) is 0. The second-order valence-electron chi connectivity index (χ2n) is 4.35. The Balaban J connectivity index is 1.88. The molecular formula is C13H17N5O2. The first-order chi connectivity index (χ1) is 9.69. The minimum atomic E-state index is -0.441. The lowest BCUT2D eigenvalue weighted by Crippen LogP contribution is -2.10. The highest BCUT2D eigenvalue weighted by Crippen LogP contribution is 2.10. The maximum absolute atomic E-state index is 10.9. The first-order valence-corrected chi connectivity index (χ1v) is 6.32. The molecule has 0 unspecified atom stereocenters. The van der Waals surface area contributed by atoms with Crippen LogP contribution in [0.25, 0.3) is 0 Å². The highest BCUT2D eigenvalue weighted by Gasteiger charge is 2.02. The highest BCUT2D eigenvalue weighted by molar-refractivity contribution is 5.93. The molecule has 106 valence electrons. The van der Waals surface area contributed by atoms with E-state index in [9.17, 15) is 4.79 Å². The predicted molar refractivity (Wildman–Crippen MR) is 74.0 cm³/mol. The molecule has 1 heterocycles. The normalized spacial score (nSPS) is 10.4. The standard InChI is InChI=1S/C13H17N5O2/c14-13(20)10-2-4-11(5-3-10)15-8-12-9-18(17-16-12)6-1-7-19/h2-5,9,15,19H,1,6-8H2,(H2,14,20). The van der Waals surface area contributed by atoms with E-state index in [1.165, 1.54) is 0 Å². The van der Waals surface area contributed by atoms with Crippen molar-refractivity contribution < 1.29 is 9.90 Å². The summed E-state index contributed by atoms with van der Waals surface area (Å²) in [4.78, 5) is 10.9. The van der Waals surface area contributed by atoms with Gasteiger partial charge in [0, 0.05) is 24.4 Å². The van der Waals surface area contributed by atoms with E-state index in [2.05, 4.69) is 15.6 Å². The maximum atomic E-state index is 10.9. The van der Waals surface area contributed by atoms with Gasteiger partial charge in [-0.05, 0) is 30.7 Å². The third kappa shape index (κ3) is 3.79. The van der Waals surface area contributed by atoms with Gasteiger partial charge in [-0.1, -0.05) is 5.21 Å². The Bertz CT molecular complexity index is 564. The average Bonchev–Trinajstić information content (AvgIpc) is 2.91. The molecule has 7 heteroatoms. The molecule has 2 rings (SSSR count). The average molecular weight is 275 g/mol. The molecule has 0 atom stereocenters. The number of rotatable bonds is 7. The molecule has 2 aromatic rings. The van der Waals surface area contributed by atoms with Crippen LogP contribution >= 0.6 is 0 Å². The number of benzene rings is 1. The topological polar surface area (TPSA) is 106 Å². The number of anilines is 1. The molecule has 7 nitrogen and oxygen atoms in total. The Morgan fingerprint density at radius 1 is 1.35 bits per heavy atom. The SMILES string of the molecule is NC(=O)c1ccc(NCc2cn(CCCO)nn2)cc1. The van der Waals surface area contributed by atoms with E-state index in [0.29, 0.717) is 25.1 Å². The minimum absolute atomic E-state index is 0.139. The highest BCUT2D eigenvalue weighted by atomic mass is 16.3. The van der Waals surface area contributed by atoms with Crippen LogP contribution < -0.4 is 11.1 Å². The number of carbonyl (C=O) groups is 1. The monoisotopic (exact) mass is 275 g/mol. The van der Waals surface area contributed by atoms with Gasteiger partial charge in [-0.15, -0.1) is 5.10 Å². The molecule has 0 aliphatic rings. The van der Waals surface area contributed by atoms with Gasteiger partial charge in [-0.2, -0.15) is 0 Å². The van der Waals surface area contributed by atoms with Crippen molar-refractivity contribution in [3.63, 3.8) is 0 Å². The van der Waals surface area contributed by atoms with Crippen molar-refractivity contribution >= 4 is 11.6 Å². The van der Waals surface area contributed by atoms with Crippen molar-refractivity contribution in [2.75, 3.05) is 11.9 Å². The predicted octanol–water partition coefficient (Wildman–Crippen LogP) is 0.371. The van der Waals surface area contributed by atoms with E-state index in [4.69, 9.17) is 10.8 Å². The molecule has 1 aromatic carbocycles. The number of aliphatic hydroxyl groups is 1. The summed E-state index contributed by atoms with van der Waals surface area (Å²) in [5, 5.41) is 19.9. The van der Waals surface area contributed by atoms with Gasteiger partial charge in [0.25, 0.3) is 0 Å². The largest absolute Gasteiger partial charge is 0.396 e. The molecule has 0 aliphatic heterocycles. The molecule has 1 amide bonds. The Kier molecular flexibility index (Phi) is 4.67. The molecule has 0 aliphatic carbocycles. The van der Waals surface area contributed by atoms with E-state index in [1.54, 1.807) is 28.9 Å². The van der Waals surface area contributed by atoms with Gasteiger partial charge in [-0.25, -0.2) is 0 Å². The number of carbonyl (C=O) groups excluding carboxylic acids is 1. The molecule has 20 heavy (non-hydrogen) atoms. The van der Waals surface area contributed by atoms with Gasteiger partial charge in [0.2, 0.25) is 5.91 Å². The summed E-state index contributed by atoms with van der Waals surface area (Å²) in [5.74, 6) is -0.441. The van der Waals surface area contributed by atoms with Gasteiger partial charge in [-0.3, -0.25) is 9.48 Å². The number of aryl methyl sites for hydroxylation is 1. The number of aromatic nitrogens is 3. The zero-order valence-electron chi connectivity index (χ0n) is 11.0. The number of amides is 1. The lowest BCUT2D eigenvalue weighted by Gasteiger charge is -2.04. The Hall–Kier alpha value is -2.41. The van der Waals surface area contributed by atoms with Gasteiger partial charge in [0.05, 0.1) is 12.7 Å². The van der Waals surface area contributed by atoms with Gasteiger partial charge >= 0.3 is 0 Å². The zero-order chi connectivity index (χ0) is 14.4. The van der Waals surface area contributed by atoms with Crippen LogP contribution in [0, 0.1) is 0 Å². The smallest absolute Gasteiger partial charge is 0.248 e. The fourth-order valence-electron chi connectivity index (χ4n) is 1.71. The van der Waals surface area contributed by atoms with Gasteiger partial charge in [0.1, 0.15) is 5.69 Å². The summed E-state index contributed by atoms with van der Waals surface area (Å²) >= 11 is 0. The van der Waals surface area contributed by atoms with E-state index in [1.807, 2.05) is 6.20 Å². The molecule has 1 aromatic heterocycles. The number of nitrogens with one attached hydrogen (secondary N) is 1. The summed E-state index contributed by atoms with van der Waals surface area (Å²) in [6.45, 7) is 1.32. The van der Waals surface area contributed by atoms with Crippen LogP contribution in [0.3, 0.4) is 0 Å². The van der Waals surface area contributed by atoms with Crippen LogP contribution in [0.4, 0.5) is 5.69 Å². The van der Waals surface area contributed by atoms with E-state index >= 15 is 0 Å². The van der Waals surface area contributed by atoms with Crippen LogP contribution in [-0.2, 0) is 13.1 Å². The molecule has 0 saturated heterocycles. The zero-order valence-corrected chi connectivity index (χ0v) is 11.0. The minimum Gasteiger partial charge on any atom is -0.396 e. The summed E-state index contributed by atoms with van der Waals surface area (Å²) < 4.78 is 1.70. The third-order valence-electron chi connectivity index (χ3n) is 2.77. The fraction of sp³-hybridized carbons (Fsp3) is 0.308.